The van der Waals surface area contributed by atoms with Crippen molar-refractivity contribution in [2.24, 2.45) is 0 Å². The molecular weight excluding hydrogens is 362 g/mol. The molecular formula is C18H16ClNO4S. The van der Waals surface area contributed by atoms with Crippen LogP contribution in [-0.2, 0) is 28.9 Å². The van der Waals surface area contributed by atoms with Gasteiger partial charge in [-0.05, 0) is 42.0 Å². The van der Waals surface area contributed by atoms with Gasteiger partial charge in [-0.3, -0.25) is 9.00 Å². The molecule has 0 fully saturated rings. The van der Waals surface area contributed by atoms with Crippen molar-refractivity contribution >= 4 is 28.3 Å². The molecule has 3 rings (SSSR count). The number of nitrogens with one attached hydrogen (secondary N) is 1. The summed E-state index contributed by atoms with van der Waals surface area (Å²) < 4.78 is 22.9. The number of hydrogen-bond acceptors (Lipinski definition) is 4. The fraction of sp³-hybridized carbons (Fsp3) is 0.167. The number of hydrogen-bond donors (Lipinski definition) is 1. The van der Waals surface area contributed by atoms with E-state index < -0.39 is 10.8 Å². The molecule has 0 radical (unpaired) electrons. The molecule has 0 saturated carbocycles. The number of furan rings is 2. The minimum absolute atomic E-state index is 0.182. The second-order valence-electron chi connectivity index (χ2n) is 5.39. The van der Waals surface area contributed by atoms with E-state index in [1.165, 1.54) is 0 Å². The van der Waals surface area contributed by atoms with Crippen LogP contribution in [0.3, 0.4) is 0 Å². The summed E-state index contributed by atoms with van der Waals surface area (Å²) in [5, 5.41) is 3.31. The van der Waals surface area contributed by atoms with Gasteiger partial charge in [0.1, 0.15) is 11.5 Å². The van der Waals surface area contributed by atoms with E-state index in [2.05, 4.69) is 5.32 Å². The van der Waals surface area contributed by atoms with Crippen LogP contribution in [0.5, 0.6) is 0 Å². The second kappa shape index (κ2) is 8.18. The van der Waals surface area contributed by atoms with Crippen LogP contribution >= 0.6 is 11.6 Å². The maximum Gasteiger partial charge on any atom is 0.287 e. The molecule has 2 aromatic heterocycles. The lowest BCUT2D eigenvalue weighted by molar-refractivity contribution is 0.0919. The van der Waals surface area contributed by atoms with Gasteiger partial charge in [0.25, 0.3) is 5.91 Å². The molecule has 1 atom stereocenters. The average molecular weight is 378 g/mol. The van der Waals surface area contributed by atoms with E-state index in [-0.39, 0.29) is 24.0 Å². The molecule has 130 valence electrons. The van der Waals surface area contributed by atoms with Gasteiger partial charge in [0, 0.05) is 21.6 Å². The van der Waals surface area contributed by atoms with E-state index in [1.54, 1.807) is 42.7 Å². The number of carbonyl (C=O) groups excluding carboxylic acids is 1. The first kappa shape index (κ1) is 17.5. The zero-order chi connectivity index (χ0) is 17.6. The van der Waals surface area contributed by atoms with Crippen LogP contribution in [0.15, 0.2) is 63.6 Å². The van der Waals surface area contributed by atoms with Crippen LogP contribution in [0.4, 0.5) is 0 Å². The summed E-state index contributed by atoms with van der Waals surface area (Å²) >= 11 is 5.92. The molecule has 1 N–H and O–H groups in total. The molecule has 0 aliphatic heterocycles. The predicted octanol–water partition coefficient (Wildman–Crippen LogP) is 3.90. The van der Waals surface area contributed by atoms with Crippen molar-refractivity contribution in [1.29, 1.82) is 0 Å². The third-order valence-corrected chi connectivity index (χ3v) is 4.91. The van der Waals surface area contributed by atoms with E-state index in [0.717, 1.165) is 5.56 Å². The first-order chi connectivity index (χ1) is 12.1. The Morgan fingerprint density at radius 1 is 1.08 bits per heavy atom. The maximum atomic E-state index is 12.2. The molecule has 5 nitrogen and oxygen atoms in total. The van der Waals surface area contributed by atoms with Crippen LogP contribution in [0.2, 0.25) is 5.02 Å². The Morgan fingerprint density at radius 3 is 2.72 bits per heavy atom. The topological polar surface area (TPSA) is 72.5 Å². The number of halogens is 1. The van der Waals surface area contributed by atoms with Crippen molar-refractivity contribution in [2.75, 3.05) is 0 Å². The van der Waals surface area contributed by atoms with Gasteiger partial charge >= 0.3 is 0 Å². The van der Waals surface area contributed by atoms with Crippen molar-refractivity contribution in [3.63, 3.8) is 0 Å². The van der Waals surface area contributed by atoms with Gasteiger partial charge in [0.2, 0.25) is 0 Å². The summed E-state index contributed by atoms with van der Waals surface area (Å²) in [6, 6.07) is 14.0. The molecule has 1 amide bonds. The van der Waals surface area contributed by atoms with Crippen LogP contribution in [-0.4, -0.2) is 10.1 Å². The second-order valence-corrected chi connectivity index (χ2v) is 7.28. The molecule has 7 heteroatoms. The third kappa shape index (κ3) is 5.08. The highest BCUT2D eigenvalue weighted by Gasteiger charge is 2.13. The highest BCUT2D eigenvalue weighted by Crippen LogP contribution is 2.15. The SMILES string of the molecule is O=C(NCc1ccco1)c1ccc(C[S@@](=O)Cc2cccc(Cl)c2)o1. The molecule has 0 aliphatic rings. The Bertz CT molecular complexity index is 873. The van der Waals surface area contributed by atoms with Crippen LogP contribution in [0.25, 0.3) is 0 Å². The Hall–Kier alpha value is -2.31. The quantitative estimate of drug-likeness (QED) is 0.677. The molecule has 3 aromatic rings. The molecule has 2 heterocycles. The highest BCUT2D eigenvalue weighted by atomic mass is 35.5. The predicted molar refractivity (Wildman–Crippen MR) is 95.6 cm³/mol. The fourth-order valence-corrected chi connectivity index (χ4v) is 3.61. The van der Waals surface area contributed by atoms with E-state index in [9.17, 15) is 9.00 Å². The first-order valence-corrected chi connectivity index (χ1v) is 9.45. The Morgan fingerprint density at radius 2 is 1.96 bits per heavy atom. The number of amides is 1. The van der Waals surface area contributed by atoms with Gasteiger partial charge in [-0.15, -0.1) is 0 Å². The lowest BCUT2D eigenvalue weighted by Gasteiger charge is -2.02. The van der Waals surface area contributed by atoms with Crippen LogP contribution < -0.4 is 5.32 Å². The molecule has 25 heavy (non-hydrogen) atoms. The molecule has 0 bridgehead atoms. The van der Waals surface area contributed by atoms with Crippen LogP contribution in [0.1, 0.15) is 27.6 Å². The minimum atomic E-state index is -1.16. The van der Waals surface area contributed by atoms with Crippen molar-refractivity contribution in [3.8, 4) is 0 Å². The maximum absolute atomic E-state index is 12.2. The Kier molecular flexibility index (Phi) is 5.73. The Labute approximate surface area is 152 Å². The van der Waals surface area contributed by atoms with Gasteiger partial charge in [0.05, 0.1) is 18.6 Å². The molecule has 0 aliphatic carbocycles. The standard InChI is InChI=1S/C18H16ClNO4S/c19-14-4-1-3-13(9-14)11-25(22)12-16-6-7-17(24-16)18(21)20-10-15-5-2-8-23-15/h1-9H,10-12H2,(H,20,21)/t25-/m0/s1. The van der Waals surface area contributed by atoms with Crippen molar-refractivity contribution in [1.82, 2.24) is 5.32 Å². The normalized spacial score (nSPS) is 12.0. The molecule has 0 saturated heterocycles. The van der Waals surface area contributed by atoms with Crippen molar-refractivity contribution in [3.05, 3.63) is 82.7 Å². The molecule has 0 unspecified atom stereocenters. The average Bonchev–Trinajstić information content (AvgIpc) is 3.24. The smallest absolute Gasteiger partial charge is 0.287 e. The summed E-state index contributed by atoms with van der Waals surface area (Å²) in [7, 11) is -1.16. The van der Waals surface area contributed by atoms with Gasteiger partial charge in [-0.2, -0.15) is 0 Å². The summed E-state index contributed by atoms with van der Waals surface area (Å²) in [6.45, 7) is 0.280. The fourth-order valence-electron chi connectivity index (χ4n) is 2.27. The summed E-state index contributed by atoms with van der Waals surface area (Å²) in [6.07, 6.45) is 1.54. The third-order valence-electron chi connectivity index (χ3n) is 3.41. The zero-order valence-corrected chi connectivity index (χ0v) is 14.8. The van der Waals surface area contributed by atoms with Crippen molar-refractivity contribution in [2.45, 2.75) is 18.1 Å². The van der Waals surface area contributed by atoms with E-state index in [0.29, 0.717) is 22.3 Å². The number of rotatable bonds is 7. The van der Waals surface area contributed by atoms with Gasteiger partial charge < -0.3 is 14.2 Å². The summed E-state index contributed by atoms with van der Waals surface area (Å²) in [4.78, 5) is 12.0. The van der Waals surface area contributed by atoms with E-state index >= 15 is 0 Å². The monoisotopic (exact) mass is 377 g/mol. The van der Waals surface area contributed by atoms with Gasteiger partial charge in [-0.25, -0.2) is 0 Å². The number of benzene rings is 1. The van der Waals surface area contributed by atoms with Crippen LogP contribution in [0, 0.1) is 0 Å². The number of carbonyl (C=O) groups is 1. The molecule has 1 aromatic carbocycles. The largest absolute Gasteiger partial charge is 0.467 e. The lowest BCUT2D eigenvalue weighted by atomic mass is 10.2. The minimum Gasteiger partial charge on any atom is -0.467 e. The van der Waals surface area contributed by atoms with E-state index in [1.807, 2.05) is 12.1 Å². The Balaban J connectivity index is 1.53. The summed E-state index contributed by atoms with van der Waals surface area (Å²) in [5.41, 5.74) is 0.897. The highest BCUT2D eigenvalue weighted by molar-refractivity contribution is 7.83. The van der Waals surface area contributed by atoms with Crippen molar-refractivity contribution < 1.29 is 17.8 Å². The van der Waals surface area contributed by atoms with Gasteiger partial charge in [-0.1, -0.05) is 23.7 Å². The lowest BCUT2D eigenvalue weighted by Crippen LogP contribution is -2.21. The van der Waals surface area contributed by atoms with Gasteiger partial charge in [0.15, 0.2) is 5.76 Å². The first-order valence-electron chi connectivity index (χ1n) is 7.59. The zero-order valence-electron chi connectivity index (χ0n) is 13.2. The van der Waals surface area contributed by atoms with E-state index in [4.69, 9.17) is 20.4 Å². The summed E-state index contributed by atoms with van der Waals surface area (Å²) in [5.74, 6) is 1.61. The molecule has 0 spiro atoms.